The number of carbonyl (C=O) groups is 2. The van der Waals surface area contributed by atoms with Gasteiger partial charge in [-0.1, -0.05) is 11.3 Å². The summed E-state index contributed by atoms with van der Waals surface area (Å²) >= 11 is 1.10. The summed E-state index contributed by atoms with van der Waals surface area (Å²) in [6.45, 7) is -0.508. The van der Waals surface area contributed by atoms with Crippen LogP contribution in [0.15, 0.2) is 0 Å². The minimum atomic E-state index is -2.87. The van der Waals surface area contributed by atoms with Crippen LogP contribution >= 0.6 is 11.3 Å². The van der Waals surface area contributed by atoms with Gasteiger partial charge in [0.2, 0.25) is 11.0 Å². The van der Waals surface area contributed by atoms with Gasteiger partial charge in [0.15, 0.2) is 0 Å². The lowest BCUT2D eigenvalue weighted by atomic mass is 10.2. The third-order valence-corrected chi connectivity index (χ3v) is 3.79. The van der Waals surface area contributed by atoms with Crippen molar-refractivity contribution in [1.82, 2.24) is 15.5 Å². The lowest BCUT2D eigenvalue weighted by Gasteiger charge is -2.08. The van der Waals surface area contributed by atoms with E-state index in [2.05, 4.69) is 25.6 Å². The van der Waals surface area contributed by atoms with E-state index in [4.69, 9.17) is 0 Å². The van der Waals surface area contributed by atoms with E-state index in [1.807, 2.05) is 0 Å². The maximum Gasteiger partial charge on any atom is 0.305 e. The van der Waals surface area contributed by atoms with Gasteiger partial charge in [0.25, 0.3) is 5.92 Å². The van der Waals surface area contributed by atoms with Crippen molar-refractivity contribution >= 4 is 28.3 Å². The molecule has 2 N–H and O–H groups in total. The zero-order valence-corrected chi connectivity index (χ0v) is 12.0. The average molecular weight is 320 g/mol. The number of methoxy groups -OCH3 is 1. The summed E-state index contributed by atoms with van der Waals surface area (Å²) in [6.07, 6.45) is -0.0255. The Morgan fingerprint density at radius 1 is 1.52 bits per heavy atom. The first-order valence-corrected chi connectivity index (χ1v) is 7.02. The number of halogens is 2. The van der Waals surface area contributed by atoms with Gasteiger partial charge in [-0.2, -0.15) is 0 Å². The van der Waals surface area contributed by atoms with E-state index in [9.17, 15) is 18.4 Å². The first-order chi connectivity index (χ1) is 9.89. The van der Waals surface area contributed by atoms with Crippen molar-refractivity contribution in [2.45, 2.75) is 31.2 Å². The number of rotatable bonds is 5. The van der Waals surface area contributed by atoms with Gasteiger partial charge >= 0.3 is 5.97 Å². The van der Waals surface area contributed by atoms with Crippen LogP contribution in [-0.2, 0) is 20.7 Å². The first kappa shape index (κ1) is 15.7. The van der Waals surface area contributed by atoms with Crippen LogP contribution in [0.4, 0.5) is 13.9 Å². The molecule has 116 valence electrons. The zero-order valence-electron chi connectivity index (χ0n) is 11.2. The molecule has 2 rings (SSSR count). The van der Waals surface area contributed by atoms with Crippen LogP contribution in [0.3, 0.4) is 0 Å². The number of nitrogens with zero attached hydrogens (tertiary/aromatic N) is 2. The first-order valence-electron chi connectivity index (χ1n) is 6.21. The van der Waals surface area contributed by atoms with E-state index in [1.54, 1.807) is 0 Å². The van der Waals surface area contributed by atoms with Crippen molar-refractivity contribution in [3.8, 4) is 0 Å². The van der Waals surface area contributed by atoms with Gasteiger partial charge < -0.3 is 4.74 Å². The lowest BCUT2D eigenvalue weighted by molar-refractivity contribution is -0.140. The highest BCUT2D eigenvalue weighted by Crippen LogP contribution is 2.26. The minimum absolute atomic E-state index is 0.162. The number of ether oxygens (including phenoxy) is 1. The molecule has 0 saturated carbocycles. The highest BCUT2D eigenvalue weighted by molar-refractivity contribution is 7.15. The summed E-state index contributed by atoms with van der Waals surface area (Å²) in [6, 6.07) is -0.942. The molecule has 10 heteroatoms. The van der Waals surface area contributed by atoms with Crippen molar-refractivity contribution in [2.24, 2.45) is 0 Å². The molecule has 0 spiro atoms. The molecule has 7 nitrogen and oxygen atoms in total. The highest BCUT2D eigenvalue weighted by atomic mass is 32.1. The predicted molar refractivity (Wildman–Crippen MR) is 70.2 cm³/mol. The number of nitrogens with one attached hydrogen (secondary N) is 2. The zero-order chi connectivity index (χ0) is 15.5. The number of hydrogen-bond donors (Lipinski definition) is 2. The van der Waals surface area contributed by atoms with Crippen molar-refractivity contribution in [3.05, 3.63) is 5.01 Å². The van der Waals surface area contributed by atoms with Crippen LogP contribution in [0.2, 0.25) is 0 Å². The second-order valence-electron chi connectivity index (χ2n) is 4.56. The van der Waals surface area contributed by atoms with Gasteiger partial charge in [-0.15, -0.1) is 10.2 Å². The van der Waals surface area contributed by atoms with E-state index >= 15 is 0 Å². The highest BCUT2D eigenvalue weighted by Gasteiger charge is 2.42. The van der Waals surface area contributed by atoms with Crippen LogP contribution in [0.5, 0.6) is 0 Å². The van der Waals surface area contributed by atoms with Crippen LogP contribution in [0.1, 0.15) is 17.8 Å². The fraction of sp³-hybridized carbons (Fsp3) is 0.636. The van der Waals surface area contributed by atoms with Crippen LogP contribution in [0, 0.1) is 0 Å². The number of hydrogen-bond acceptors (Lipinski definition) is 7. The maximum atomic E-state index is 13.0. The molecular formula is C11H14F2N4O3S. The maximum absolute atomic E-state index is 13.0. The molecule has 1 fully saturated rings. The standard InChI is InChI=1S/C11H14F2N4O3S/c1-20-8(18)3-2-7-16-17-10(21-7)15-9(19)6-4-11(12,13)5-14-6/h6,14H,2-5H2,1H3,(H,15,17,19). The monoisotopic (exact) mass is 320 g/mol. The van der Waals surface area contributed by atoms with Gasteiger partial charge in [0.1, 0.15) is 5.01 Å². The summed E-state index contributed by atoms with van der Waals surface area (Å²) in [5.74, 6) is -3.80. The van der Waals surface area contributed by atoms with E-state index in [0.29, 0.717) is 11.4 Å². The molecule has 1 aromatic rings. The Morgan fingerprint density at radius 3 is 2.90 bits per heavy atom. The van der Waals surface area contributed by atoms with Crippen molar-refractivity contribution in [3.63, 3.8) is 0 Å². The van der Waals surface area contributed by atoms with E-state index < -0.39 is 30.8 Å². The summed E-state index contributed by atoms with van der Waals surface area (Å²) in [4.78, 5) is 22.8. The molecule has 21 heavy (non-hydrogen) atoms. The van der Waals surface area contributed by atoms with E-state index in [0.717, 1.165) is 11.3 Å². The third kappa shape index (κ3) is 4.39. The van der Waals surface area contributed by atoms with Gasteiger partial charge in [-0.3, -0.25) is 20.2 Å². The van der Waals surface area contributed by atoms with Gasteiger partial charge in [0, 0.05) is 12.8 Å². The molecule has 0 aliphatic carbocycles. The van der Waals surface area contributed by atoms with Crippen LogP contribution in [-0.4, -0.2) is 47.7 Å². The Hall–Kier alpha value is -1.68. The average Bonchev–Trinajstić information content (AvgIpc) is 3.02. The Kier molecular flexibility index (Phi) is 4.78. The van der Waals surface area contributed by atoms with Gasteiger partial charge in [0.05, 0.1) is 26.1 Å². The second kappa shape index (κ2) is 6.39. The van der Waals surface area contributed by atoms with Crippen molar-refractivity contribution in [2.75, 3.05) is 19.0 Å². The van der Waals surface area contributed by atoms with Crippen molar-refractivity contribution < 1.29 is 23.1 Å². The summed E-state index contributed by atoms with van der Waals surface area (Å²) in [7, 11) is 1.29. The molecule has 0 radical (unpaired) electrons. The largest absolute Gasteiger partial charge is 0.469 e. The SMILES string of the molecule is COC(=O)CCc1nnc(NC(=O)C2CC(F)(F)CN2)s1. The molecule has 1 unspecified atom stereocenters. The molecule has 1 aliphatic heterocycles. The molecule has 1 amide bonds. The Labute approximate surface area is 123 Å². The molecule has 2 heterocycles. The number of amides is 1. The van der Waals surface area contributed by atoms with Crippen LogP contribution in [0.25, 0.3) is 0 Å². The smallest absolute Gasteiger partial charge is 0.305 e. The fourth-order valence-corrected chi connectivity index (χ4v) is 2.55. The predicted octanol–water partition coefficient (Wildman–Crippen LogP) is 0.579. The molecular weight excluding hydrogens is 306 g/mol. The Morgan fingerprint density at radius 2 is 2.29 bits per heavy atom. The molecule has 1 atom stereocenters. The van der Waals surface area contributed by atoms with Crippen molar-refractivity contribution in [1.29, 1.82) is 0 Å². The van der Waals surface area contributed by atoms with E-state index in [1.165, 1.54) is 7.11 Å². The van der Waals surface area contributed by atoms with Gasteiger partial charge in [-0.25, -0.2) is 8.78 Å². The third-order valence-electron chi connectivity index (χ3n) is 2.89. The fourth-order valence-electron chi connectivity index (χ4n) is 1.81. The van der Waals surface area contributed by atoms with Gasteiger partial charge in [-0.05, 0) is 0 Å². The molecule has 0 bridgehead atoms. The number of anilines is 1. The molecule has 1 aliphatic rings. The number of carbonyl (C=O) groups excluding carboxylic acids is 2. The summed E-state index contributed by atoms with van der Waals surface area (Å²) in [5.41, 5.74) is 0. The molecule has 1 saturated heterocycles. The topological polar surface area (TPSA) is 93.2 Å². The number of esters is 1. The quantitative estimate of drug-likeness (QED) is 0.771. The normalized spacial score (nSPS) is 20.2. The summed E-state index contributed by atoms with van der Waals surface area (Å²) in [5, 5.41) is 13.2. The summed E-state index contributed by atoms with van der Waals surface area (Å²) < 4.78 is 30.5. The van der Waals surface area contributed by atoms with Crippen LogP contribution < -0.4 is 10.6 Å². The lowest BCUT2D eigenvalue weighted by Crippen LogP contribution is -2.35. The molecule has 0 aromatic carbocycles. The number of aromatic nitrogens is 2. The Balaban J connectivity index is 1.85. The van der Waals surface area contributed by atoms with E-state index in [-0.39, 0.29) is 17.5 Å². The molecule has 1 aromatic heterocycles. The minimum Gasteiger partial charge on any atom is -0.469 e. The Bertz CT molecular complexity index is 537. The second-order valence-corrected chi connectivity index (χ2v) is 5.62. The number of alkyl halides is 2. The number of aryl methyl sites for hydroxylation is 1.